The third-order valence-electron chi connectivity index (χ3n) is 2.54. The zero-order chi connectivity index (χ0) is 14.3. The number of hydrogen-bond donors (Lipinski definition) is 3. The number of esters is 1. The quantitative estimate of drug-likeness (QED) is 0.414. The first-order valence-corrected chi connectivity index (χ1v) is 6.00. The third-order valence-corrected chi connectivity index (χ3v) is 2.54. The van der Waals surface area contributed by atoms with Gasteiger partial charge in [-0.05, 0) is 36.1 Å². The summed E-state index contributed by atoms with van der Waals surface area (Å²) in [6.07, 6.45) is 3.32. The third kappa shape index (κ3) is 5.44. The maximum atomic E-state index is 11.4. The Balaban J connectivity index is 2.47. The Kier molecular flexibility index (Phi) is 5.89. The molecule has 0 saturated heterocycles. The van der Waals surface area contributed by atoms with Gasteiger partial charge in [-0.15, -0.1) is 0 Å². The summed E-state index contributed by atoms with van der Waals surface area (Å²) in [5.74, 6) is -0.831. The zero-order valence-corrected chi connectivity index (χ0v) is 10.7. The number of aliphatic hydroxyl groups excluding tert-OH is 1. The molecular formula is C14H18O5. The lowest BCUT2D eigenvalue weighted by atomic mass is 10.1. The van der Waals surface area contributed by atoms with E-state index >= 15 is 0 Å². The van der Waals surface area contributed by atoms with Crippen molar-refractivity contribution in [2.75, 3.05) is 13.2 Å². The summed E-state index contributed by atoms with van der Waals surface area (Å²) in [4.78, 5) is 11.4. The van der Waals surface area contributed by atoms with Crippen molar-refractivity contribution in [1.29, 1.82) is 0 Å². The predicted octanol–water partition coefficient (Wildman–Crippen LogP) is 1.67. The second kappa shape index (κ2) is 7.43. The summed E-state index contributed by atoms with van der Waals surface area (Å²) < 4.78 is 4.98. The molecule has 5 nitrogen and oxygen atoms in total. The van der Waals surface area contributed by atoms with Crippen LogP contribution in [0.4, 0.5) is 0 Å². The normalized spacial score (nSPS) is 12.5. The minimum Gasteiger partial charge on any atom is -0.504 e. The summed E-state index contributed by atoms with van der Waals surface area (Å²) in [5.41, 5.74) is 0.579. The molecule has 0 fully saturated rings. The highest BCUT2D eigenvalue weighted by molar-refractivity contribution is 5.87. The van der Waals surface area contributed by atoms with Gasteiger partial charge in [0.05, 0.1) is 6.61 Å². The minimum atomic E-state index is -0.489. The first-order chi connectivity index (χ1) is 9.02. The molecule has 0 saturated carbocycles. The van der Waals surface area contributed by atoms with E-state index in [1.807, 2.05) is 6.92 Å². The highest BCUT2D eigenvalue weighted by atomic mass is 16.5. The van der Waals surface area contributed by atoms with Crippen LogP contribution in [0.5, 0.6) is 11.5 Å². The second-order valence-electron chi connectivity index (χ2n) is 4.33. The first-order valence-electron chi connectivity index (χ1n) is 6.00. The van der Waals surface area contributed by atoms with Crippen molar-refractivity contribution in [3.8, 4) is 11.5 Å². The predicted molar refractivity (Wildman–Crippen MR) is 70.6 cm³/mol. The Hall–Kier alpha value is -2.01. The van der Waals surface area contributed by atoms with E-state index in [0.717, 1.165) is 0 Å². The number of ether oxygens (including phenoxy) is 1. The number of phenols is 2. The minimum absolute atomic E-state index is 0.0708. The summed E-state index contributed by atoms with van der Waals surface area (Å²) in [7, 11) is 0. The number of benzene rings is 1. The lowest BCUT2D eigenvalue weighted by molar-refractivity contribution is -0.139. The Morgan fingerprint density at radius 2 is 2.11 bits per heavy atom. The van der Waals surface area contributed by atoms with E-state index < -0.39 is 5.97 Å². The molecule has 0 spiro atoms. The van der Waals surface area contributed by atoms with Gasteiger partial charge in [-0.25, -0.2) is 4.79 Å². The second-order valence-corrected chi connectivity index (χ2v) is 4.33. The molecular weight excluding hydrogens is 248 g/mol. The molecule has 0 heterocycles. The summed E-state index contributed by atoms with van der Waals surface area (Å²) in [5, 5.41) is 27.1. The van der Waals surface area contributed by atoms with Crippen molar-refractivity contribution in [3.63, 3.8) is 0 Å². The van der Waals surface area contributed by atoms with E-state index in [-0.39, 0.29) is 30.6 Å². The Labute approximate surface area is 111 Å². The number of rotatable bonds is 6. The maximum Gasteiger partial charge on any atom is 0.330 e. The van der Waals surface area contributed by atoms with Crippen LogP contribution < -0.4 is 0 Å². The highest BCUT2D eigenvalue weighted by Gasteiger charge is 2.04. The van der Waals surface area contributed by atoms with Crippen molar-refractivity contribution in [2.24, 2.45) is 5.92 Å². The topological polar surface area (TPSA) is 87.0 Å². The average Bonchev–Trinajstić information content (AvgIpc) is 2.38. The van der Waals surface area contributed by atoms with Crippen molar-refractivity contribution in [3.05, 3.63) is 29.8 Å². The van der Waals surface area contributed by atoms with Gasteiger partial charge in [0, 0.05) is 12.7 Å². The van der Waals surface area contributed by atoms with Gasteiger partial charge in [-0.1, -0.05) is 13.0 Å². The Morgan fingerprint density at radius 3 is 2.74 bits per heavy atom. The van der Waals surface area contributed by atoms with E-state index in [4.69, 9.17) is 14.9 Å². The van der Waals surface area contributed by atoms with Crippen LogP contribution in [0, 0.1) is 5.92 Å². The standard InChI is InChI=1S/C14H18O5/c1-10(6-7-15)9-19-14(18)5-3-11-2-4-12(16)13(17)8-11/h2-5,8,10,15-17H,6-7,9H2,1H3/t10-/m1/s1. The molecule has 1 rings (SSSR count). The molecule has 104 valence electrons. The van der Waals surface area contributed by atoms with E-state index in [2.05, 4.69) is 0 Å². The molecule has 1 aromatic carbocycles. The van der Waals surface area contributed by atoms with E-state index in [1.165, 1.54) is 24.3 Å². The van der Waals surface area contributed by atoms with Gasteiger partial charge in [0.2, 0.25) is 0 Å². The Bertz CT molecular complexity index is 453. The number of carbonyl (C=O) groups excluding carboxylic acids is 1. The molecule has 5 heteroatoms. The van der Waals surface area contributed by atoms with Crippen molar-refractivity contribution < 1.29 is 24.9 Å². The van der Waals surface area contributed by atoms with Gasteiger partial charge in [-0.3, -0.25) is 0 Å². The fourth-order valence-electron chi connectivity index (χ4n) is 1.38. The van der Waals surface area contributed by atoms with E-state index in [9.17, 15) is 9.90 Å². The fourth-order valence-corrected chi connectivity index (χ4v) is 1.38. The first kappa shape index (κ1) is 15.0. The van der Waals surface area contributed by atoms with Crippen LogP contribution in [0.2, 0.25) is 0 Å². The molecule has 0 aromatic heterocycles. The molecule has 0 amide bonds. The van der Waals surface area contributed by atoms with Gasteiger partial charge in [0.1, 0.15) is 0 Å². The van der Waals surface area contributed by atoms with Gasteiger partial charge >= 0.3 is 5.97 Å². The smallest absolute Gasteiger partial charge is 0.330 e. The van der Waals surface area contributed by atoms with E-state index in [1.54, 1.807) is 6.07 Å². The summed E-state index contributed by atoms with van der Waals surface area (Å²) in [6, 6.07) is 4.24. The number of phenolic OH excluding ortho intramolecular Hbond substituents is 2. The number of hydrogen-bond acceptors (Lipinski definition) is 5. The van der Waals surface area contributed by atoms with Crippen LogP contribution in [-0.4, -0.2) is 34.5 Å². The maximum absolute atomic E-state index is 11.4. The van der Waals surface area contributed by atoms with Crippen molar-refractivity contribution in [1.82, 2.24) is 0 Å². The number of aromatic hydroxyl groups is 2. The van der Waals surface area contributed by atoms with Crippen LogP contribution in [-0.2, 0) is 9.53 Å². The van der Waals surface area contributed by atoms with Crippen LogP contribution in [0.15, 0.2) is 24.3 Å². The van der Waals surface area contributed by atoms with Gasteiger partial charge in [0.15, 0.2) is 11.5 Å². The molecule has 0 aliphatic heterocycles. The SMILES string of the molecule is C[C@H](CCO)COC(=O)C=Cc1ccc(O)c(O)c1. The van der Waals surface area contributed by atoms with Crippen LogP contribution in [0.3, 0.4) is 0 Å². The molecule has 1 aromatic rings. The summed E-state index contributed by atoms with van der Waals surface area (Å²) in [6.45, 7) is 2.21. The highest BCUT2D eigenvalue weighted by Crippen LogP contribution is 2.25. The Morgan fingerprint density at radius 1 is 1.37 bits per heavy atom. The lowest BCUT2D eigenvalue weighted by Crippen LogP contribution is -2.11. The fraction of sp³-hybridized carbons (Fsp3) is 0.357. The van der Waals surface area contributed by atoms with Gasteiger partial charge < -0.3 is 20.1 Å². The molecule has 0 aliphatic carbocycles. The number of carbonyl (C=O) groups is 1. The average molecular weight is 266 g/mol. The molecule has 0 unspecified atom stereocenters. The van der Waals surface area contributed by atoms with Crippen LogP contribution in [0.25, 0.3) is 6.08 Å². The summed E-state index contributed by atoms with van der Waals surface area (Å²) >= 11 is 0. The van der Waals surface area contributed by atoms with Crippen molar-refractivity contribution in [2.45, 2.75) is 13.3 Å². The molecule has 3 N–H and O–H groups in total. The van der Waals surface area contributed by atoms with Crippen molar-refractivity contribution >= 4 is 12.0 Å². The largest absolute Gasteiger partial charge is 0.504 e. The van der Waals surface area contributed by atoms with Gasteiger partial charge in [-0.2, -0.15) is 0 Å². The van der Waals surface area contributed by atoms with E-state index in [0.29, 0.717) is 12.0 Å². The van der Waals surface area contributed by atoms with Crippen LogP contribution in [0.1, 0.15) is 18.9 Å². The molecule has 0 radical (unpaired) electrons. The zero-order valence-electron chi connectivity index (χ0n) is 10.7. The lowest BCUT2D eigenvalue weighted by Gasteiger charge is -2.08. The molecule has 1 atom stereocenters. The number of aliphatic hydroxyl groups is 1. The monoisotopic (exact) mass is 266 g/mol. The molecule has 0 bridgehead atoms. The molecule has 0 aliphatic rings. The molecule has 19 heavy (non-hydrogen) atoms. The van der Waals surface area contributed by atoms with Crippen LogP contribution >= 0.6 is 0 Å². The van der Waals surface area contributed by atoms with Gasteiger partial charge in [0.25, 0.3) is 0 Å².